The predicted octanol–water partition coefficient (Wildman–Crippen LogP) is 1.69. The summed E-state index contributed by atoms with van der Waals surface area (Å²) >= 11 is 1.67. The summed E-state index contributed by atoms with van der Waals surface area (Å²) in [6.45, 7) is 9.18. The van der Waals surface area contributed by atoms with Gasteiger partial charge in [-0.25, -0.2) is 4.98 Å². The van der Waals surface area contributed by atoms with Crippen LogP contribution in [-0.4, -0.2) is 47.1 Å². The first-order chi connectivity index (χ1) is 9.56. The highest BCUT2D eigenvalue weighted by molar-refractivity contribution is 7.11. The maximum absolute atomic E-state index is 11.0. The molecular weight excluding hydrogens is 274 g/mol. The van der Waals surface area contributed by atoms with E-state index in [1.54, 1.807) is 11.3 Å². The Bertz CT molecular complexity index is 451. The van der Waals surface area contributed by atoms with Crippen LogP contribution in [0, 0.1) is 0 Å². The van der Waals surface area contributed by atoms with E-state index in [-0.39, 0.29) is 6.42 Å². The Kier molecular flexibility index (Phi) is 5.51. The quantitative estimate of drug-likeness (QED) is 0.866. The number of carbonyl (C=O) groups is 1. The van der Waals surface area contributed by atoms with Gasteiger partial charge in [0.15, 0.2) is 0 Å². The van der Waals surface area contributed by atoms with Crippen LogP contribution >= 0.6 is 11.3 Å². The molecule has 6 heteroatoms. The van der Waals surface area contributed by atoms with E-state index in [0.717, 1.165) is 54.7 Å². The first-order valence-corrected chi connectivity index (χ1v) is 8.01. The second kappa shape index (κ2) is 7.15. The van der Waals surface area contributed by atoms with Crippen molar-refractivity contribution in [3.63, 3.8) is 0 Å². The largest absolute Gasteiger partial charge is 0.481 e. The minimum atomic E-state index is -0.801. The van der Waals surface area contributed by atoms with Crippen molar-refractivity contribution < 1.29 is 9.90 Å². The van der Waals surface area contributed by atoms with Crippen LogP contribution in [0.1, 0.15) is 41.8 Å². The molecule has 0 atom stereocenters. The predicted molar refractivity (Wildman–Crippen MR) is 80.3 cm³/mol. The molecule has 112 valence electrons. The minimum absolute atomic E-state index is 0.0324. The molecule has 0 bridgehead atoms. The minimum Gasteiger partial charge on any atom is -0.481 e. The summed E-state index contributed by atoms with van der Waals surface area (Å²) in [7, 11) is 0. The average Bonchev–Trinajstić information content (AvgIpc) is 2.60. The van der Waals surface area contributed by atoms with E-state index < -0.39 is 5.97 Å². The third-order valence-electron chi connectivity index (χ3n) is 3.41. The van der Waals surface area contributed by atoms with E-state index >= 15 is 0 Å². The van der Waals surface area contributed by atoms with Crippen molar-refractivity contribution in [1.29, 1.82) is 0 Å². The summed E-state index contributed by atoms with van der Waals surface area (Å²) < 4.78 is 0. The molecule has 0 unspecified atom stereocenters. The third kappa shape index (κ3) is 4.26. The van der Waals surface area contributed by atoms with Crippen LogP contribution in [0.4, 0.5) is 0 Å². The molecule has 1 aliphatic heterocycles. The van der Waals surface area contributed by atoms with Gasteiger partial charge in [-0.1, -0.05) is 13.8 Å². The fourth-order valence-corrected chi connectivity index (χ4v) is 3.44. The molecule has 2 heterocycles. The molecule has 2 rings (SSSR count). The molecule has 1 aromatic rings. The topological polar surface area (TPSA) is 65.5 Å². The monoisotopic (exact) mass is 297 g/mol. The normalized spacial score (nSPS) is 17.4. The molecule has 1 fully saturated rings. The van der Waals surface area contributed by atoms with E-state index in [9.17, 15) is 4.79 Å². The molecule has 1 aromatic heterocycles. The molecule has 0 radical (unpaired) electrons. The van der Waals surface area contributed by atoms with Crippen molar-refractivity contribution in [3.8, 4) is 0 Å². The average molecular weight is 297 g/mol. The Hall–Kier alpha value is -0.980. The Balaban J connectivity index is 2.12. The smallest absolute Gasteiger partial charge is 0.309 e. The van der Waals surface area contributed by atoms with E-state index in [1.807, 2.05) is 0 Å². The molecular formula is C14H23N3O2S. The standard InChI is InChI=1S/C14H23N3O2S/c1-10(2)14-16-11(8-13(18)19)12(20-14)9-17-6-3-4-15-5-7-17/h10,15H,3-9H2,1-2H3,(H,18,19). The molecule has 0 spiro atoms. The van der Waals surface area contributed by atoms with Crippen molar-refractivity contribution in [2.24, 2.45) is 0 Å². The second-order valence-corrected chi connectivity index (χ2v) is 6.64. The van der Waals surface area contributed by atoms with Gasteiger partial charge in [0.2, 0.25) is 0 Å². The van der Waals surface area contributed by atoms with Gasteiger partial charge in [-0.05, 0) is 19.5 Å². The fourth-order valence-electron chi connectivity index (χ4n) is 2.32. The molecule has 0 saturated carbocycles. The number of aliphatic carboxylic acids is 1. The number of rotatable bonds is 5. The van der Waals surface area contributed by atoms with Crippen LogP contribution in [0.5, 0.6) is 0 Å². The number of thiazole rings is 1. The maximum atomic E-state index is 11.0. The number of aromatic nitrogens is 1. The van der Waals surface area contributed by atoms with Crippen molar-refractivity contribution in [3.05, 3.63) is 15.6 Å². The molecule has 1 aliphatic rings. The summed E-state index contributed by atoms with van der Waals surface area (Å²) in [4.78, 5) is 19.0. The van der Waals surface area contributed by atoms with Crippen LogP contribution in [-0.2, 0) is 17.8 Å². The van der Waals surface area contributed by atoms with Gasteiger partial charge in [0.05, 0.1) is 17.1 Å². The Morgan fingerprint density at radius 3 is 2.95 bits per heavy atom. The second-order valence-electron chi connectivity index (χ2n) is 5.53. The van der Waals surface area contributed by atoms with E-state index in [2.05, 4.69) is 29.0 Å². The zero-order valence-electron chi connectivity index (χ0n) is 12.2. The summed E-state index contributed by atoms with van der Waals surface area (Å²) in [6.07, 6.45) is 1.18. The highest BCUT2D eigenvalue weighted by atomic mass is 32.1. The number of nitrogens with zero attached hydrogens (tertiary/aromatic N) is 2. The molecule has 0 amide bonds. The Morgan fingerprint density at radius 1 is 1.45 bits per heavy atom. The zero-order valence-corrected chi connectivity index (χ0v) is 13.0. The van der Waals surface area contributed by atoms with E-state index in [4.69, 9.17) is 5.11 Å². The van der Waals surface area contributed by atoms with Crippen LogP contribution in [0.15, 0.2) is 0 Å². The SMILES string of the molecule is CC(C)c1nc(CC(=O)O)c(CN2CCCNCC2)s1. The van der Waals surface area contributed by atoms with Gasteiger partial charge in [-0.2, -0.15) is 0 Å². The van der Waals surface area contributed by atoms with Gasteiger partial charge >= 0.3 is 5.97 Å². The van der Waals surface area contributed by atoms with Gasteiger partial charge in [-0.3, -0.25) is 9.69 Å². The first-order valence-electron chi connectivity index (χ1n) is 7.19. The van der Waals surface area contributed by atoms with Gasteiger partial charge in [-0.15, -0.1) is 11.3 Å². The van der Waals surface area contributed by atoms with Gasteiger partial charge in [0.25, 0.3) is 0 Å². The van der Waals surface area contributed by atoms with Crippen molar-refractivity contribution in [2.75, 3.05) is 26.2 Å². The lowest BCUT2D eigenvalue weighted by molar-refractivity contribution is -0.136. The first kappa shape index (κ1) is 15.4. The Labute approximate surface area is 124 Å². The lowest BCUT2D eigenvalue weighted by Gasteiger charge is -2.18. The molecule has 20 heavy (non-hydrogen) atoms. The molecule has 5 nitrogen and oxygen atoms in total. The van der Waals surface area contributed by atoms with Crippen LogP contribution in [0.2, 0.25) is 0 Å². The molecule has 0 aromatic carbocycles. The van der Waals surface area contributed by atoms with Crippen molar-refractivity contribution in [1.82, 2.24) is 15.2 Å². The number of nitrogens with one attached hydrogen (secondary N) is 1. The summed E-state index contributed by atoms with van der Waals surface area (Å²) in [5, 5.41) is 13.5. The molecule has 2 N–H and O–H groups in total. The van der Waals surface area contributed by atoms with Crippen LogP contribution in [0.25, 0.3) is 0 Å². The fraction of sp³-hybridized carbons (Fsp3) is 0.714. The lowest BCUT2D eigenvalue weighted by Crippen LogP contribution is -2.27. The van der Waals surface area contributed by atoms with Crippen LogP contribution < -0.4 is 5.32 Å². The van der Waals surface area contributed by atoms with Crippen molar-refractivity contribution in [2.45, 2.75) is 39.2 Å². The number of carboxylic acids is 1. The van der Waals surface area contributed by atoms with Gasteiger partial charge in [0.1, 0.15) is 0 Å². The maximum Gasteiger partial charge on any atom is 0.309 e. The summed E-state index contributed by atoms with van der Waals surface area (Å²) in [5.41, 5.74) is 0.753. The molecule has 0 aliphatic carbocycles. The highest BCUT2D eigenvalue weighted by Gasteiger charge is 2.18. The summed E-state index contributed by atoms with van der Waals surface area (Å²) in [6, 6.07) is 0. The number of hydrogen-bond acceptors (Lipinski definition) is 5. The Morgan fingerprint density at radius 2 is 2.25 bits per heavy atom. The van der Waals surface area contributed by atoms with Crippen molar-refractivity contribution >= 4 is 17.3 Å². The third-order valence-corrected chi connectivity index (χ3v) is 4.79. The highest BCUT2D eigenvalue weighted by Crippen LogP contribution is 2.26. The van der Waals surface area contributed by atoms with Gasteiger partial charge in [0, 0.05) is 30.4 Å². The van der Waals surface area contributed by atoms with E-state index in [1.165, 1.54) is 0 Å². The van der Waals surface area contributed by atoms with Gasteiger partial charge < -0.3 is 10.4 Å². The number of carboxylic acid groups (broad SMARTS) is 1. The summed E-state index contributed by atoms with van der Waals surface area (Å²) in [5.74, 6) is -0.448. The zero-order chi connectivity index (χ0) is 14.5. The van der Waals surface area contributed by atoms with E-state index in [0.29, 0.717) is 5.92 Å². The number of hydrogen-bond donors (Lipinski definition) is 2. The lowest BCUT2D eigenvalue weighted by atomic mass is 10.2. The van der Waals surface area contributed by atoms with Crippen LogP contribution in [0.3, 0.4) is 0 Å². The molecule has 1 saturated heterocycles.